The Balaban J connectivity index is 1.44. The summed E-state index contributed by atoms with van der Waals surface area (Å²) in [6.45, 7) is 10.0. The van der Waals surface area contributed by atoms with E-state index in [-0.39, 0.29) is 44.3 Å². The van der Waals surface area contributed by atoms with E-state index in [9.17, 15) is 28.8 Å². The van der Waals surface area contributed by atoms with Crippen molar-refractivity contribution >= 4 is 41.1 Å². The van der Waals surface area contributed by atoms with E-state index in [4.69, 9.17) is 0 Å². The van der Waals surface area contributed by atoms with Crippen molar-refractivity contribution in [1.29, 1.82) is 0 Å². The average molecular weight is 719 g/mol. The molecular weight excluding hydrogens is 664 g/mol. The average Bonchev–Trinajstić information content (AvgIpc) is 3.11. The number of aryl methyl sites for hydroxylation is 1. The normalized spacial score (nSPS) is 23.5. The molecule has 2 saturated heterocycles. The summed E-state index contributed by atoms with van der Waals surface area (Å²) in [6.07, 6.45) is 0.719. The lowest BCUT2D eigenvalue weighted by atomic mass is 10.0. The maximum absolute atomic E-state index is 13.7. The Labute approximate surface area is 306 Å². The maximum Gasteiger partial charge on any atom is 0.245 e. The third-order valence-corrected chi connectivity index (χ3v) is 9.40. The second-order valence-electron chi connectivity index (χ2n) is 14.1. The first kappa shape index (κ1) is 39.8. The second kappa shape index (κ2) is 19.0. The molecule has 0 aromatic heterocycles. The van der Waals surface area contributed by atoms with Gasteiger partial charge in [0.05, 0.1) is 13.1 Å². The molecule has 4 rings (SSSR count). The van der Waals surface area contributed by atoms with Crippen LogP contribution < -0.4 is 31.5 Å². The lowest BCUT2D eigenvalue weighted by Crippen LogP contribution is -2.59. The standard InChI is InChI=1S/C38H54N8O6/c1-25(2)34-37(51)40-27(4)35(49)42-31(22-28-12-7-6-8-13-28)38(52)44(5)23-32(47)39-16-10-15-30(36(50)43-34)41-33(48)24-45-17-19-46(20-18-45)29-14-9-11-26(3)21-29/h6-9,11-14,21,25,27,30-31,34H,10,15-20,22-24H2,1-5H3,(H,39,47)(H,40,51)(H,41,48)(H,42,49)(H,43,50)/t27-,30+,31+,34-/m1/s1. The summed E-state index contributed by atoms with van der Waals surface area (Å²) >= 11 is 0. The van der Waals surface area contributed by atoms with Gasteiger partial charge in [0, 0.05) is 51.9 Å². The molecule has 0 unspecified atom stereocenters. The lowest BCUT2D eigenvalue weighted by molar-refractivity contribution is -0.139. The number of carbonyl (C=O) groups excluding carboxylic acids is 6. The van der Waals surface area contributed by atoms with E-state index in [1.807, 2.05) is 41.3 Å². The van der Waals surface area contributed by atoms with Crippen LogP contribution in [0.2, 0.25) is 0 Å². The number of nitrogens with zero attached hydrogens (tertiary/aromatic N) is 3. The fraction of sp³-hybridized carbons (Fsp3) is 0.526. The van der Waals surface area contributed by atoms with Gasteiger partial charge in [-0.3, -0.25) is 33.7 Å². The summed E-state index contributed by atoms with van der Waals surface area (Å²) in [6, 6.07) is 13.5. The Morgan fingerprint density at radius 3 is 2.27 bits per heavy atom. The van der Waals surface area contributed by atoms with E-state index in [0.29, 0.717) is 19.5 Å². The van der Waals surface area contributed by atoms with Crippen LogP contribution in [0.15, 0.2) is 54.6 Å². The molecule has 5 N–H and O–H groups in total. The van der Waals surface area contributed by atoms with Crippen LogP contribution in [0.3, 0.4) is 0 Å². The van der Waals surface area contributed by atoms with Crippen LogP contribution in [0.25, 0.3) is 0 Å². The van der Waals surface area contributed by atoms with Crippen molar-refractivity contribution < 1.29 is 28.8 Å². The van der Waals surface area contributed by atoms with E-state index < -0.39 is 53.7 Å². The predicted octanol–water partition coefficient (Wildman–Crippen LogP) is 0.343. The smallest absolute Gasteiger partial charge is 0.245 e. The first-order valence-corrected chi connectivity index (χ1v) is 18.1. The van der Waals surface area contributed by atoms with Gasteiger partial charge in [-0.25, -0.2) is 0 Å². The molecular formula is C38H54N8O6. The first-order chi connectivity index (χ1) is 24.8. The van der Waals surface area contributed by atoms with Gasteiger partial charge in [-0.1, -0.05) is 56.3 Å². The number of likely N-dealkylation sites (N-methyl/N-ethyl adjacent to an activating group) is 1. The van der Waals surface area contributed by atoms with Crippen LogP contribution >= 0.6 is 0 Å². The maximum atomic E-state index is 13.7. The Hall–Kier alpha value is -4.98. The first-order valence-electron chi connectivity index (χ1n) is 18.1. The molecule has 0 bridgehead atoms. The minimum absolute atomic E-state index is 0.106. The van der Waals surface area contributed by atoms with Crippen molar-refractivity contribution in [3.63, 3.8) is 0 Å². The minimum Gasteiger partial charge on any atom is -0.369 e. The highest BCUT2D eigenvalue weighted by molar-refractivity contribution is 5.96. The molecule has 0 radical (unpaired) electrons. The van der Waals surface area contributed by atoms with Crippen molar-refractivity contribution in [1.82, 2.24) is 36.4 Å². The molecule has 0 aliphatic carbocycles. The molecule has 14 nitrogen and oxygen atoms in total. The van der Waals surface area contributed by atoms with Crippen molar-refractivity contribution in [2.75, 3.05) is 57.8 Å². The molecule has 2 aliphatic heterocycles. The molecule has 2 aliphatic rings. The SMILES string of the molecule is Cc1cccc(N2CCN(CC(=O)N[C@H]3CCCNC(=O)CN(C)C(=O)[C@H](Cc4ccccc4)NC(=O)[C@@H](C)NC(=O)[C@@H](C(C)C)NC3=O)CC2)c1. The van der Waals surface area contributed by atoms with Gasteiger partial charge in [-0.15, -0.1) is 0 Å². The summed E-state index contributed by atoms with van der Waals surface area (Å²) in [5.74, 6) is -3.25. The highest BCUT2D eigenvalue weighted by atomic mass is 16.2. The molecule has 0 spiro atoms. The molecule has 14 heteroatoms. The van der Waals surface area contributed by atoms with Gasteiger partial charge >= 0.3 is 0 Å². The Morgan fingerprint density at radius 1 is 0.885 bits per heavy atom. The molecule has 2 aromatic carbocycles. The summed E-state index contributed by atoms with van der Waals surface area (Å²) in [5.41, 5.74) is 3.14. The van der Waals surface area contributed by atoms with E-state index in [1.165, 1.54) is 24.4 Å². The summed E-state index contributed by atoms with van der Waals surface area (Å²) in [4.78, 5) is 85.7. The van der Waals surface area contributed by atoms with Crippen LogP contribution in [-0.2, 0) is 35.2 Å². The number of benzene rings is 2. The second-order valence-corrected chi connectivity index (χ2v) is 14.1. The zero-order valence-electron chi connectivity index (χ0n) is 30.9. The van der Waals surface area contributed by atoms with Gasteiger partial charge in [0.15, 0.2) is 0 Å². The molecule has 4 atom stereocenters. The molecule has 6 amide bonds. The Bertz CT molecular complexity index is 1560. The van der Waals surface area contributed by atoms with Crippen molar-refractivity contribution in [3.8, 4) is 0 Å². The van der Waals surface area contributed by atoms with Crippen LogP contribution in [0.5, 0.6) is 0 Å². The molecule has 0 saturated carbocycles. The van der Waals surface area contributed by atoms with Crippen molar-refractivity contribution in [3.05, 3.63) is 65.7 Å². The number of hydrogen-bond donors (Lipinski definition) is 5. The zero-order chi connectivity index (χ0) is 37.8. The van der Waals surface area contributed by atoms with E-state index in [2.05, 4.69) is 56.6 Å². The fourth-order valence-corrected chi connectivity index (χ4v) is 6.35. The lowest BCUT2D eigenvalue weighted by Gasteiger charge is -2.36. The topological polar surface area (TPSA) is 172 Å². The number of nitrogens with one attached hydrogen (secondary N) is 5. The predicted molar refractivity (Wildman–Crippen MR) is 198 cm³/mol. The number of piperazine rings is 1. The van der Waals surface area contributed by atoms with Crippen LogP contribution in [0.1, 0.15) is 44.7 Å². The molecule has 2 aromatic rings. The summed E-state index contributed by atoms with van der Waals surface area (Å²) in [7, 11) is 1.49. The highest BCUT2D eigenvalue weighted by Gasteiger charge is 2.33. The third kappa shape index (κ3) is 11.8. The van der Waals surface area contributed by atoms with E-state index >= 15 is 0 Å². The summed E-state index contributed by atoms with van der Waals surface area (Å²) in [5, 5.41) is 13.9. The van der Waals surface area contributed by atoms with Gasteiger partial charge in [0.1, 0.15) is 24.2 Å². The highest BCUT2D eigenvalue weighted by Crippen LogP contribution is 2.18. The van der Waals surface area contributed by atoms with Crippen molar-refractivity contribution in [2.24, 2.45) is 5.92 Å². The van der Waals surface area contributed by atoms with E-state index in [1.54, 1.807) is 13.8 Å². The minimum atomic E-state index is -1.05. The number of rotatable bonds is 7. The van der Waals surface area contributed by atoms with E-state index in [0.717, 1.165) is 24.3 Å². The van der Waals surface area contributed by atoms with Gasteiger partial charge in [-0.05, 0) is 55.9 Å². The van der Waals surface area contributed by atoms with Gasteiger partial charge < -0.3 is 36.4 Å². The zero-order valence-corrected chi connectivity index (χ0v) is 30.9. The Morgan fingerprint density at radius 2 is 1.60 bits per heavy atom. The van der Waals surface area contributed by atoms with Crippen LogP contribution in [0, 0.1) is 12.8 Å². The van der Waals surface area contributed by atoms with Crippen LogP contribution in [0.4, 0.5) is 5.69 Å². The summed E-state index contributed by atoms with van der Waals surface area (Å²) < 4.78 is 0. The quantitative estimate of drug-likeness (QED) is 0.273. The molecule has 2 fully saturated rings. The largest absolute Gasteiger partial charge is 0.369 e. The van der Waals surface area contributed by atoms with Crippen molar-refractivity contribution in [2.45, 2.75) is 71.1 Å². The Kier molecular flexibility index (Phi) is 14.6. The monoisotopic (exact) mass is 718 g/mol. The van der Waals surface area contributed by atoms with Gasteiger partial charge in [0.25, 0.3) is 0 Å². The van der Waals surface area contributed by atoms with Crippen LogP contribution in [-0.4, -0.2) is 122 Å². The molecule has 52 heavy (non-hydrogen) atoms. The number of anilines is 1. The number of hydrogen-bond acceptors (Lipinski definition) is 8. The number of carbonyl (C=O) groups is 6. The van der Waals surface area contributed by atoms with Gasteiger partial charge in [0.2, 0.25) is 35.4 Å². The molecule has 2 heterocycles. The number of amides is 6. The fourth-order valence-electron chi connectivity index (χ4n) is 6.35. The third-order valence-electron chi connectivity index (χ3n) is 9.40. The molecule has 282 valence electrons. The van der Waals surface area contributed by atoms with Gasteiger partial charge in [-0.2, -0.15) is 0 Å².